The van der Waals surface area contributed by atoms with Crippen molar-refractivity contribution in [2.75, 3.05) is 13.2 Å². The van der Waals surface area contributed by atoms with E-state index in [2.05, 4.69) is 49.8 Å². The monoisotopic (exact) mass is 608 g/mol. The molecule has 0 bridgehead atoms. The van der Waals surface area contributed by atoms with Gasteiger partial charge < -0.3 is 14.1 Å². The van der Waals surface area contributed by atoms with E-state index in [4.69, 9.17) is 9.16 Å². The quantitative estimate of drug-likeness (QED) is 0.354. The van der Waals surface area contributed by atoms with Crippen molar-refractivity contribution in [1.29, 1.82) is 0 Å². The summed E-state index contributed by atoms with van der Waals surface area (Å²) in [7, 11) is -6.65. The molecule has 0 saturated carbocycles. The third-order valence-corrected chi connectivity index (χ3v) is 14.1. The third-order valence-electron chi connectivity index (χ3n) is 7.60. The van der Waals surface area contributed by atoms with Crippen LogP contribution in [0.1, 0.15) is 53.5 Å². The third kappa shape index (κ3) is 7.14. The number of sulfonamides is 1. The lowest BCUT2D eigenvalue weighted by Crippen LogP contribution is -2.67. The first-order chi connectivity index (χ1) is 19.6. The molecule has 226 valence electrons. The van der Waals surface area contributed by atoms with Crippen molar-refractivity contribution in [1.82, 2.24) is 9.62 Å². The van der Waals surface area contributed by atoms with E-state index in [0.717, 1.165) is 15.9 Å². The van der Waals surface area contributed by atoms with Crippen LogP contribution >= 0.6 is 0 Å². The Morgan fingerprint density at radius 3 is 1.88 bits per heavy atom. The van der Waals surface area contributed by atoms with Gasteiger partial charge in [0, 0.05) is 12.6 Å². The number of hydrogen-bond donors (Lipinski definition) is 1. The number of rotatable bonds is 8. The Kier molecular flexibility index (Phi) is 9.37. The molecule has 1 aliphatic heterocycles. The van der Waals surface area contributed by atoms with Gasteiger partial charge in [-0.3, -0.25) is 0 Å². The second kappa shape index (κ2) is 12.3. The summed E-state index contributed by atoms with van der Waals surface area (Å²) < 4.78 is 42.3. The van der Waals surface area contributed by atoms with Gasteiger partial charge in [-0.2, -0.15) is 0 Å². The number of carbonyl (C=O) groups is 1. The molecule has 1 aliphatic rings. The zero-order valence-electron chi connectivity index (χ0n) is 25.8. The predicted octanol–water partition coefficient (Wildman–Crippen LogP) is 5.23. The number of hydrogen-bond acceptors (Lipinski definition) is 5. The molecular weight excluding hydrogens is 565 g/mol. The summed E-state index contributed by atoms with van der Waals surface area (Å²) in [4.78, 5) is 15.3. The van der Waals surface area contributed by atoms with Crippen LogP contribution in [0.5, 0.6) is 0 Å². The summed E-state index contributed by atoms with van der Waals surface area (Å²) in [6, 6.07) is 26.5. The molecule has 4 rings (SSSR count). The molecule has 2 atom stereocenters. The fraction of sp³-hybridized carbons (Fsp3) is 0.424. The Balaban J connectivity index is 1.67. The van der Waals surface area contributed by atoms with Crippen molar-refractivity contribution in [2.24, 2.45) is 0 Å². The lowest BCUT2D eigenvalue weighted by Gasteiger charge is -2.44. The average Bonchev–Trinajstić information content (AvgIpc) is 3.31. The molecule has 0 unspecified atom stereocenters. The minimum absolute atomic E-state index is 0.189. The molecule has 0 aromatic heterocycles. The molecule has 0 aliphatic carbocycles. The van der Waals surface area contributed by atoms with Gasteiger partial charge in [0.05, 0.1) is 17.5 Å². The summed E-state index contributed by atoms with van der Waals surface area (Å²) in [5.74, 6) is 0. The minimum atomic E-state index is -3.78. The number of aryl methyl sites for hydroxylation is 1. The Labute approximate surface area is 252 Å². The van der Waals surface area contributed by atoms with Crippen LogP contribution in [-0.2, 0) is 19.2 Å². The van der Waals surface area contributed by atoms with Gasteiger partial charge in [-0.05, 0) is 61.7 Å². The number of nitrogens with one attached hydrogen (secondary N) is 1. The van der Waals surface area contributed by atoms with Gasteiger partial charge in [0.25, 0.3) is 8.32 Å². The number of nitrogens with zero attached hydrogens (tertiary/aromatic N) is 1. The van der Waals surface area contributed by atoms with Gasteiger partial charge in [0.15, 0.2) is 0 Å². The molecule has 3 aromatic rings. The van der Waals surface area contributed by atoms with E-state index in [1.165, 1.54) is 0 Å². The van der Waals surface area contributed by atoms with Gasteiger partial charge >= 0.3 is 6.09 Å². The highest BCUT2D eigenvalue weighted by atomic mass is 32.2. The van der Waals surface area contributed by atoms with Crippen LogP contribution in [0.4, 0.5) is 4.79 Å². The number of ether oxygens (including phenoxy) is 1. The topological polar surface area (TPSA) is 84.9 Å². The smallest absolute Gasteiger partial charge is 0.410 e. The molecule has 1 heterocycles. The maximum absolute atomic E-state index is 13.4. The maximum atomic E-state index is 13.4. The van der Waals surface area contributed by atoms with E-state index in [0.29, 0.717) is 6.42 Å². The van der Waals surface area contributed by atoms with E-state index < -0.39 is 36.1 Å². The Morgan fingerprint density at radius 2 is 1.40 bits per heavy atom. The normalized spacial score (nSPS) is 18.2. The van der Waals surface area contributed by atoms with Gasteiger partial charge in [-0.1, -0.05) is 99.1 Å². The second-order valence-electron chi connectivity index (χ2n) is 13.1. The van der Waals surface area contributed by atoms with Crippen LogP contribution in [-0.4, -0.2) is 58.6 Å². The van der Waals surface area contributed by atoms with E-state index in [1.54, 1.807) is 29.2 Å². The van der Waals surface area contributed by atoms with E-state index >= 15 is 0 Å². The molecule has 3 aromatic carbocycles. The van der Waals surface area contributed by atoms with Gasteiger partial charge in [-0.25, -0.2) is 17.9 Å². The molecule has 7 nitrogen and oxygen atoms in total. The zero-order valence-corrected chi connectivity index (χ0v) is 27.6. The Morgan fingerprint density at radius 1 is 0.881 bits per heavy atom. The summed E-state index contributed by atoms with van der Waals surface area (Å²) in [6.45, 7) is 14.4. The lowest BCUT2D eigenvalue weighted by molar-refractivity contribution is 0.0181. The van der Waals surface area contributed by atoms with Crippen molar-refractivity contribution in [2.45, 2.75) is 82.5 Å². The fourth-order valence-electron chi connectivity index (χ4n) is 5.69. The average molecular weight is 609 g/mol. The predicted molar refractivity (Wildman–Crippen MR) is 170 cm³/mol. The highest BCUT2D eigenvalue weighted by Gasteiger charge is 2.51. The highest BCUT2D eigenvalue weighted by molar-refractivity contribution is 7.89. The molecule has 0 radical (unpaired) electrons. The van der Waals surface area contributed by atoms with Crippen LogP contribution < -0.4 is 15.1 Å². The summed E-state index contributed by atoms with van der Waals surface area (Å²) in [5, 5.41) is 2.04. The van der Waals surface area contributed by atoms with Gasteiger partial charge in [-0.15, -0.1) is 0 Å². The lowest BCUT2D eigenvalue weighted by atomic mass is 10.2. The van der Waals surface area contributed by atoms with Crippen molar-refractivity contribution in [3.8, 4) is 0 Å². The summed E-state index contributed by atoms with van der Waals surface area (Å²) in [6.07, 6.45) is -0.0710. The Hall–Kier alpha value is -2.98. The number of carbonyl (C=O) groups excluding carboxylic acids is 1. The molecule has 1 N–H and O–H groups in total. The van der Waals surface area contributed by atoms with Crippen molar-refractivity contribution in [3.63, 3.8) is 0 Å². The van der Waals surface area contributed by atoms with Crippen LogP contribution in [0, 0.1) is 6.92 Å². The zero-order chi connectivity index (χ0) is 30.8. The van der Waals surface area contributed by atoms with Crippen molar-refractivity contribution >= 4 is 34.8 Å². The largest absolute Gasteiger partial charge is 0.444 e. The van der Waals surface area contributed by atoms with Crippen LogP contribution in [0.25, 0.3) is 0 Å². The summed E-state index contributed by atoms with van der Waals surface area (Å²) >= 11 is 0. The Bertz CT molecular complexity index is 1410. The fourth-order valence-corrected chi connectivity index (χ4v) is 11.5. The van der Waals surface area contributed by atoms with Crippen molar-refractivity contribution < 1.29 is 22.4 Å². The van der Waals surface area contributed by atoms with E-state index in [9.17, 15) is 13.2 Å². The number of amides is 1. The molecule has 1 amide bonds. The van der Waals surface area contributed by atoms with E-state index in [-0.39, 0.29) is 29.1 Å². The SMILES string of the molecule is Cc1ccc(S(=O)(=O)N[C@@H]2C[C@@H](CO[Si](c3ccccc3)(c3ccccc3)C(C)(C)C)N(C(=O)OC(C)(C)C)C2)cc1. The minimum Gasteiger partial charge on any atom is -0.444 e. The molecule has 0 spiro atoms. The molecule has 42 heavy (non-hydrogen) atoms. The molecule has 1 saturated heterocycles. The van der Waals surface area contributed by atoms with E-state index in [1.807, 2.05) is 64.1 Å². The second-order valence-corrected chi connectivity index (χ2v) is 19.1. The number of benzene rings is 3. The van der Waals surface area contributed by atoms with Crippen LogP contribution in [0.15, 0.2) is 89.8 Å². The first kappa shape index (κ1) is 31.9. The van der Waals surface area contributed by atoms with Crippen LogP contribution in [0.3, 0.4) is 0 Å². The van der Waals surface area contributed by atoms with Crippen molar-refractivity contribution in [3.05, 3.63) is 90.5 Å². The first-order valence-corrected chi connectivity index (χ1v) is 17.9. The standard InChI is InChI=1S/C33H44N2O5SSi/c1-25-18-20-28(21-19-25)41(37,38)34-26-22-27(35(23-26)31(36)40-32(2,3)4)24-39-42(33(5,6)7,29-14-10-8-11-15-29)30-16-12-9-13-17-30/h8-21,26-27,34H,22-24H2,1-7H3/t26-,27+/m1/s1. The first-order valence-electron chi connectivity index (χ1n) is 14.5. The van der Waals surface area contributed by atoms with Crippen LogP contribution in [0.2, 0.25) is 5.04 Å². The van der Waals surface area contributed by atoms with Gasteiger partial charge in [0.2, 0.25) is 10.0 Å². The summed E-state index contributed by atoms with van der Waals surface area (Å²) in [5.41, 5.74) is 0.284. The highest BCUT2D eigenvalue weighted by Crippen LogP contribution is 2.37. The molecular formula is C33H44N2O5SSi. The number of likely N-dealkylation sites (tertiary alicyclic amines) is 1. The molecule has 1 fully saturated rings. The molecule has 9 heteroatoms. The maximum Gasteiger partial charge on any atom is 0.410 e. The van der Waals surface area contributed by atoms with Gasteiger partial charge in [0.1, 0.15) is 5.60 Å².